The van der Waals surface area contributed by atoms with Gasteiger partial charge in [-0.25, -0.2) is 14.2 Å². The van der Waals surface area contributed by atoms with E-state index in [0.717, 1.165) is 5.56 Å². The van der Waals surface area contributed by atoms with E-state index < -0.39 is 11.8 Å². The van der Waals surface area contributed by atoms with E-state index in [2.05, 4.69) is 20.9 Å². The standard InChI is InChI=1S/C14H13BrFNO3/c1-3-4-20-13-9(14(18)19)5-8-7(2)10(15)6-11(16)12(8)17-13/h5-6H,3-4H2,1-2H3,(H,18,19). The van der Waals surface area contributed by atoms with Gasteiger partial charge in [0.25, 0.3) is 0 Å². The van der Waals surface area contributed by atoms with Gasteiger partial charge in [-0.15, -0.1) is 0 Å². The number of carbonyl (C=O) groups is 1. The average Bonchev–Trinajstić information content (AvgIpc) is 2.41. The Balaban J connectivity index is 2.74. The van der Waals surface area contributed by atoms with Crippen LogP contribution in [0.15, 0.2) is 16.6 Å². The molecule has 0 saturated carbocycles. The number of aromatic carboxylic acids is 1. The first-order chi connectivity index (χ1) is 9.45. The minimum Gasteiger partial charge on any atom is -0.477 e. The minimum absolute atomic E-state index is 0.0486. The number of hydrogen-bond donors (Lipinski definition) is 1. The van der Waals surface area contributed by atoms with Gasteiger partial charge < -0.3 is 9.84 Å². The number of rotatable bonds is 4. The van der Waals surface area contributed by atoms with Gasteiger partial charge in [-0.2, -0.15) is 0 Å². The Kier molecular flexibility index (Phi) is 4.23. The van der Waals surface area contributed by atoms with Gasteiger partial charge in [0, 0.05) is 9.86 Å². The number of ether oxygens (including phenoxy) is 1. The van der Waals surface area contributed by atoms with Gasteiger partial charge in [0.2, 0.25) is 5.88 Å². The van der Waals surface area contributed by atoms with Crippen molar-refractivity contribution in [2.75, 3.05) is 6.61 Å². The molecule has 0 spiro atoms. The number of carboxylic acid groups (broad SMARTS) is 1. The second-order valence-corrected chi connectivity index (χ2v) is 5.21. The molecule has 1 aromatic carbocycles. The molecule has 106 valence electrons. The predicted octanol–water partition coefficient (Wildman–Crippen LogP) is 3.93. The summed E-state index contributed by atoms with van der Waals surface area (Å²) in [7, 11) is 0. The molecule has 0 bridgehead atoms. The van der Waals surface area contributed by atoms with Crippen LogP contribution in [0.5, 0.6) is 5.88 Å². The number of hydrogen-bond acceptors (Lipinski definition) is 3. The zero-order valence-electron chi connectivity index (χ0n) is 11.0. The normalized spacial score (nSPS) is 10.8. The highest BCUT2D eigenvalue weighted by Gasteiger charge is 2.18. The Morgan fingerprint density at radius 2 is 2.20 bits per heavy atom. The van der Waals surface area contributed by atoms with Crippen molar-refractivity contribution < 1.29 is 19.0 Å². The molecular weight excluding hydrogens is 329 g/mol. The fourth-order valence-corrected chi connectivity index (χ4v) is 2.26. The van der Waals surface area contributed by atoms with Crippen LogP contribution in [0.25, 0.3) is 10.9 Å². The summed E-state index contributed by atoms with van der Waals surface area (Å²) in [6, 6.07) is 2.72. The van der Waals surface area contributed by atoms with E-state index in [4.69, 9.17) is 4.74 Å². The second kappa shape index (κ2) is 5.75. The van der Waals surface area contributed by atoms with Gasteiger partial charge in [-0.05, 0) is 31.0 Å². The number of fused-ring (bicyclic) bond motifs is 1. The van der Waals surface area contributed by atoms with Crippen molar-refractivity contribution in [3.8, 4) is 5.88 Å². The van der Waals surface area contributed by atoms with Crippen LogP contribution in [-0.2, 0) is 0 Å². The highest BCUT2D eigenvalue weighted by molar-refractivity contribution is 9.10. The first-order valence-electron chi connectivity index (χ1n) is 6.11. The quantitative estimate of drug-likeness (QED) is 0.915. The van der Waals surface area contributed by atoms with Crippen LogP contribution in [0.1, 0.15) is 29.3 Å². The van der Waals surface area contributed by atoms with E-state index in [0.29, 0.717) is 22.9 Å². The first kappa shape index (κ1) is 14.7. The Bertz CT molecular complexity index is 688. The summed E-state index contributed by atoms with van der Waals surface area (Å²) >= 11 is 3.24. The van der Waals surface area contributed by atoms with Crippen molar-refractivity contribution in [3.05, 3.63) is 33.5 Å². The third-order valence-corrected chi connectivity index (χ3v) is 3.73. The van der Waals surface area contributed by atoms with Crippen molar-refractivity contribution >= 4 is 32.8 Å². The highest BCUT2D eigenvalue weighted by atomic mass is 79.9. The second-order valence-electron chi connectivity index (χ2n) is 4.36. The van der Waals surface area contributed by atoms with Crippen molar-refractivity contribution in [2.45, 2.75) is 20.3 Å². The maximum atomic E-state index is 14.0. The van der Waals surface area contributed by atoms with Crippen molar-refractivity contribution in [3.63, 3.8) is 0 Å². The van der Waals surface area contributed by atoms with Crippen molar-refractivity contribution in [1.82, 2.24) is 4.98 Å². The van der Waals surface area contributed by atoms with E-state index >= 15 is 0 Å². The maximum Gasteiger partial charge on any atom is 0.341 e. The van der Waals surface area contributed by atoms with E-state index in [-0.39, 0.29) is 17.0 Å². The SMILES string of the molecule is CCCOc1nc2c(F)cc(Br)c(C)c2cc1C(=O)O. The summed E-state index contributed by atoms with van der Waals surface area (Å²) < 4.78 is 19.8. The third kappa shape index (κ3) is 2.60. The Morgan fingerprint density at radius 3 is 2.80 bits per heavy atom. The van der Waals surface area contributed by atoms with Crippen molar-refractivity contribution in [1.29, 1.82) is 0 Å². The molecule has 4 nitrogen and oxygen atoms in total. The average molecular weight is 342 g/mol. The molecule has 1 heterocycles. The molecule has 1 N–H and O–H groups in total. The van der Waals surface area contributed by atoms with Crippen LogP contribution < -0.4 is 4.74 Å². The summed E-state index contributed by atoms with van der Waals surface area (Å²) in [6.07, 6.45) is 0.709. The molecule has 2 aromatic rings. The lowest BCUT2D eigenvalue weighted by Crippen LogP contribution is -2.07. The molecular formula is C14H13BrFNO3. The zero-order valence-corrected chi connectivity index (χ0v) is 12.6. The summed E-state index contributed by atoms with van der Waals surface area (Å²) in [5.74, 6) is -1.71. The molecule has 0 unspecified atom stereocenters. The summed E-state index contributed by atoms with van der Waals surface area (Å²) in [4.78, 5) is 15.3. The molecule has 0 radical (unpaired) electrons. The van der Waals surface area contributed by atoms with Gasteiger partial charge >= 0.3 is 5.97 Å². The lowest BCUT2D eigenvalue weighted by molar-refractivity contribution is 0.0691. The van der Waals surface area contributed by atoms with Gasteiger partial charge in [0.1, 0.15) is 11.1 Å². The summed E-state index contributed by atoms with van der Waals surface area (Å²) in [5, 5.41) is 9.69. The first-order valence-corrected chi connectivity index (χ1v) is 6.90. The fourth-order valence-electron chi connectivity index (χ4n) is 1.84. The molecule has 6 heteroatoms. The zero-order chi connectivity index (χ0) is 14.9. The predicted molar refractivity (Wildman–Crippen MR) is 76.9 cm³/mol. The molecule has 0 aliphatic rings. The molecule has 0 atom stereocenters. The van der Waals surface area contributed by atoms with Crippen LogP contribution in [-0.4, -0.2) is 22.7 Å². The van der Waals surface area contributed by atoms with E-state index in [1.807, 2.05) is 6.92 Å². The summed E-state index contributed by atoms with van der Waals surface area (Å²) in [6.45, 7) is 3.99. The molecule has 0 amide bonds. The molecule has 2 rings (SSSR count). The van der Waals surface area contributed by atoms with E-state index in [1.54, 1.807) is 6.92 Å². The Hall–Kier alpha value is -1.69. The van der Waals surface area contributed by atoms with Crippen LogP contribution in [0.4, 0.5) is 4.39 Å². The van der Waals surface area contributed by atoms with E-state index in [1.165, 1.54) is 12.1 Å². The molecule has 0 saturated heterocycles. The number of aromatic nitrogens is 1. The monoisotopic (exact) mass is 341 g/mol. The topological polar surface area (TPSA) is 59.4 Å². The van der Waals surface area contributed by atoms with Crippen LogP contribution in [0.2, 0.25) is 0 Å². The lowest BCUT2D eigenvalue weighted by atomic mass is 10.1. The number of halogens is 2. The van der Waals surface area contributed by atoms with Crippen molar-refractivity contribution in [2.24, 2.45) is 0 Å². The van der Waals surface area contributed by atoms with Crippen LogP contribution in [0, 0.1) is 12.7 Å². The molecule has 1 aromatic heterocycles. The van der Waals surface area contributed by atoms with Gasteiger partial charge in [-0.1, -0.05) is 22.9 Å². The van der Waals surface area contributed by atoms with Crippen LogP contribution >= 0.6 is 15.9 Å². The molecule has 0 aliphatic heterocycles. The summed E-state index contributed by atoms with van der Waals surface area (Å²) in [5.41, 5.74) is 0.784. The molecule has 0 fully saturated rings. The number of pyridine rings is 1. The highest BCUT2D eigenvalue weighted by Crippen LogP contribution is 2.31. The fraction of sp³-hybridized carbons (Fsp3) is 0.286. The van der Waals surface area contributed by atoms with Crippen LogP contribution in [0.3, 0.4) is 0 Å². The number of nitrogens with zero attached hydrogens (tertiary/aromatic N) is 1. The Morgan fingerprint density at radius 1 is 1.50 bits per heavy atom. The van der Waals surface area contributed by atoms with Gasteiger partial charge in [-0.3, -0.25) is 0 Å². The van der Waals surface area contributed by atoms with E-state index in [9.17, 15) is 14.3 Å². The lowest BCUT2D eigenvalue weighted by Gasteiger charge is -2.11. The molecule has 0 aliphatic carbocycles. The maximum absolute atomic E-state index is 14.0. The van der Waals surface area contributed by atoms with Gasteiger partial charge in [0.05, 0.1) is 6.61 Å². The minimum atomic E-state index is -1.15. The molecule has 20 heavy (non-hydrogen) atoms. The number of aryl methyl sites for hydroxylation is 1. The Labute approximate surface area is 123 Å². The van der Waals surface area contributed by atoms with Gasteiger partial charge in [0.15, 0.2) is 5.82 Å². The smallest absolute Gasteiger partial charge is 0.341 e. The third-order valence-electron chi connectivity index (χ3n) is 2.90. The number of benzene rings is 1. The largest absolute Gasteiger partial charge is 0.477 e. The number of carboxylic acids is 1.